The van der Waals surface area contributed by atoms with E-state index in [1.807, 2.05) is 18.2 Å². The lowest BCUT2D eigenvalue weighted by Gasteiger charge is -2.31. The highest BCUT2D eigenvalue weighted by molar-refractivity contribution is 7.92. The van der Waals surface area contributed by atoms with E-state index in [2.05, 4.69) is 14.6 Å². The molecule has 1 aliphatic heterocycles. The van der Waals surface area contributed by atoms with Gasteiger partial charge in [-0.3, -0.25) is 9.52 Å². The van der Waals surface area contributed by atoms with E-state index in [0.717, 1.165) is 41.5 Å². The molecule has 2 aromatic heterocycles. The Balaban J connectivity index is 1.95. The van der Waals surface area contributed by atoms with E-state index in [1.165, 1.54) is 4.57 Å². The summed E-state index contributed by atoms with van der Waals surface area (Å²) in [6.45, 7) is 2.76. The monoisotopic (exact) mass is 402 g/mol. The Morgan fingerprint density at radius 3 is 2.61 bits per heavy atom. The summed E-state index contributed by atoms with van der Waals surface area (Å²) >= 11 is 0. The van der Waals surface area contributed by atoms with Gasteiger partial charge in [0, 0.05) is 60.4 Å². The van der Waals surface area contributed by atoms with Crippen LogP contribution in [0.3, 0.4) is 0 Å². The van der Waals surface area contributed by atoms with Crippen molar-refractivity contribution in [3.63, 3.8) is 0 Å². The zero-order chi connectivity index (χ0) is 19.9. The number of aromatic nitrogens is 2. The van der Waals surface area contributed by atoms with Crippen LogP contribution in [0.25, 0.3) is 22.0 Å². The summed E-state index contributed by atoms with van der Waals surface area (Å²) in [5.74, 6) is 0. The van der Waals surface area contributed by atoms with Gasteiger partial charge in [-0.05, 0) is 24.3 Å². The second-order valence-corrected chi connectivity index (χ2v) is 8.68. The third-order valence-electron chi connectivity index (χ3n) is 4.84. The minimum Gasteiger partial charge on any atom is -0.378 e. The Hall–Kier alpha value is -2.78. The van der Waals surface area contributed by atoms with Crippen LogP contribution in [0.4, 0.5) is 11.4 Å². The van der Waals surface area contributed by atoms with Crippen molar-refractivity contribution in [1.82, 2.24) is 9.55 Å². The molecule has 8 nitrogen and oxygen atoms in total. The number of nitrogens with one attached hydrogen (secondary N) is 2. The van der Waals surface area contributed by atoms with Gasteiger partial charge in [0.25, 0.3) is 5.56 Å². The lowest BCUT2D eigenvalue weighted by Crippen LogP contribution is -2.36. The number of aromatic amines is 1. The Morgan fingerprint density at radius 1 is 1.14 bits per heavy atom. The predicted molar refractivity (Wildman–Crippen MR) is 110 cm³/mol. The lowest BCUT2D eigenvalue weighted by atomic mass is 10.00. The fourth-order valence-corrected chi connectivity index (χ4v) is 4.15. The predicted octanol–water partition coefficient (Wildman–Crippen LogP) is 1.74. The summed E-state index contributed by atoms with van der Waals surface area (Å²) in [5, 5.41) is 0.800. The molecule has 1 fully saturated rings. The van der Waals surface area contributed by atoms with Gasteiger partial charge in [0.1, 0.15) is 5.52 Å². The van der Waals surface area contributed by atoms with Crippen molar-refractivity contribution in [1.29, 1.82) is 0 Å². The molecule has 4 rings (SSSR count). The molecule has 0 aliphatic carbocycles. The van der Waals surface area contributed by atoms with E-state index in [1.54, 1.807) is 25.5 Å². The molecule has 1 aromatic carbocycles. The Labute approximate surface area is 162 Å². The maximum absolute atomic E-state index is 12.4. The molecule has 0 saturated carbocycles. The first-order chi connectivity index (χ1) is 13.3. The van der Waals surface area contributed by atoms with Gasteiger partial charge in [0.05, 0.1) is 19.5 Å². The number of fused-ring (bicyclic) bond motifs is 1. The van der Waals surface area contributed by atoms with E-state index in [9.17, 15) is 13.2 Å². The van der Waals surface area contributed by atoms with Gasteiger partial charge in [-0.15, -0.1) is 0 Å². The quantitative estimate of drug-likeness (QED) is 0.693. The van der Waals surface area contributed by atoms with Gasteiger partial charge in [0.2, 0.25) is 10.0 Å². The Morgan fingerprint density at radius 2 is 1.89 bits per heavy atom. The van der Waals surface area contributed by atoms with E-state index in [4.69, 9.17) is 4.74 Å². The highest BCUT2D eigenvalue weighted by Gasteiger charge is 2.20. The molecule has 2 N–H and O–H groups in total. The number of ether oxygens (including phenoxy) is 1. The Kier molecular flexibility index (Phi) is 4.64. The van der Waals surface area contributed by atoms with Gasteiger partial charge < -0.3 is 19.2 Å². The molecule has 3 aromatic rings. The minimum absolute atomic E-state index is 0.109. The number of morpholine rings is 1. The summed E-state index contributed by atoms with van der Waals surface area (Å²) in [7, 11) is -1.70. The molecule has 1 saturated heterocycles. The van der Waals surface area contributed by atoms with Crippen LogP contribution in [0.1, 0.15) is 0 Å². The average Bonchev–Trinajstić information content (AvgIpc) is 3.14. The third-order valence-corrected chi connectivity index (χ3v) is 5.44. The first kappa shape index (κ1) is 18.6. The molecule has 0 spiro atoms. The van der Waals surface area contributed by atoms with Crippen molar-refractivity contribution in [3.05, 3.63) is 47.0 Å². The van der Waals surface area contributed by atoms with E-state index in [-0.39, 0.29) is 5.56 Å². The number of pyridine rings is 1. The number of nitrogens with zero attached hydrogens (tertiary/aromatic N) is 2. The van der Waals surface area contributed by atoms with Gasteiger partial charge in [-0.1, -0.05) is 0 Å². The van der Waals surface area contributed by atoms with Gasteiger partial charge >= 0.3 is 0 Å². The maximum atomic E-state index is 12.4. The van der Waals surface area contributed by atoms with Crippen molar-refractivity contribution in [2.75, 3.05) is 42.2 Å². The average molecular weight is 402 g/mol. The first-order valence-corrected chi connectivity index (χ1v) is 10.8. The number of hydrogen-bond acceptors (Lipinski definition) is 5. The number of aryl methyl sites for hydroxylation is 1. The lowest BCUT2D eigenvalue weighted by molar-refractivity contribution is 0.123. The van der Waals surface area contributed by atoms with Crippen LogP contribution in [0.5, 0.6) is 0 Å². The highest BCUT2D eigenvalue weighted by atomic mass is 32.2. The molecular formula is C19H22N4O4S. The number of H-pyrrole nitrogens is 1. The topological polar surface area (TPSA) is 96.4 Å². The smallest absolute Gasteiger partial charge is 0.274 e. The number of hydrogen-bond donors (Lipinski definition) is 2. The number of sulfonamides is 1. The number of benzene rings is 1. The molecule has 3 heterocycles. The maximum Gasteiger partial charge on any atom is 0.274 e. The van der Waals surface area contributed by atoms with Crippen molar-refractivity contribution in [2.45, 2.75) is 0 Å². The highest BCUT2D eigenvalue weighted by Crippen LogP contribution is 2.37. The SMILES string of the molecule is Cn1cc(-c2cc(NS(C)(=O)=O)ccc2N2CCOCC2)c2cc[nH]c2c1=O. The van der Waals surface area contributed by atoms with E-state index >= 15 is 0 Å². The summed E-state index contributed by atoms with van der Waals surface area (Å²) in [5.41, 5.74) is 3.58. The molecule has 28 heavy (non-hydrogen) atoms. The van der Waals surface area contributed by atoms with Crippen LogP contribution in [-0.2, 0) is 21.8 Å². The second kappa shape index (κ2) is 6.99. The summed E-state index contributed by atoms with van der Waals surface area (Å²) in [6, 6.07) is 7.35. The summed E-state index contributed by atoms with van der Waals surface area (Å²) < 4.78 is 33.0. The zero-order valence-corrected chi connectivity index (χ0v) is 16.5. The van der Waals surface area contributed by atoms with E-state index < -0.39 is 10.0 Å². The fourth-order valence-electron chi connectivity index (χ4n) is 3.59. The second-order valence-electron chi connectivity index (χ2n) is 6.93. The standard InChI is InChI=1S/C19H22N4O4S/c1-22-12-16(14-5-6-20-18(14)19(22)24)15-11-13(21-28(2,25)26)3-4-17(15)23-7-9-27-10-8-23/h3-6,11-12,20-21H,7-10H2,1-2H3. The first-order valence-electron chi connectivity index (χ1n) is 8.95. The molecular weight excluding hydrogens is 380 g/mol. The van der Waals surface area contributed by atoms with Crippen LogP contribution in [-0.4, -0.2) is 50.5 Å². The number of anilines is 2. The zero-order valence-electron chi connectivity index (χ0n) is 15.7. The van der Waals surface area contributed by atoms with Crippen LogP contribution >= 0.6 is 0 Å². The molecule has 0 amide bonds. The van der Waals surface area contributed by atoms with Crippen LogP contribution in [0, 0.1) is 0 Å². The van der Waals surface area contributed by atoms with Crippen LogP contribution in [0.2, 0.25) is 0 Å². The van der Waals surface area contributed by atoms with Gasteiger partial charge in [0.15, 0.2) is 0 Å². The van der Waals surface area contributed by atoms with Crippen molar-refractivity contribution < 1.29 is 13.2 Å². The Bertz CT molecular complexity index is 1190. The summed E-state index contributed by atoms with van der Waals surface area (Å²) in [4.78, 5) is 17.7. The molecule has 0 atom stereocenters. The van der Waals surface area contributed by atoms with Gasteiger partial charge in [-0.2, -0.15) is 0 Å². The number of rotatable bonds is 4. The molecule has 148 valence electrons. The van der Waals surface area contributed by atoms with Gasteiger partial charge in [-0.25, -0.2) is 8.42 Å². The molecule has 9 heteroatoms. The van der Waals surface area contributed by atoms with Crippen LogP contribution in [0.15, 0.2) is 41.5 Å². The van der Waals surface area contributed by atoms with E-state index in [0.29, 0.717) is 24.4 Å². The minimum atomic E-state index is -3.41. The van der Waals surface area contributed by atoms with Crippen molar-refractivity contribution >= 4 is 32.3 Å². The fraction of sp³-hybridized carbons (Fsp3) is 0.316. The summed E-state index contributed by atoms with van der Waals surface area (Å²) in [6.07, 6.45) is 4.66. The van der Waals surface area contributed by atoms with Crippen molar-refractivity contribution in [3.8, 4) is 11.1 Å². The molecule has 0 radical (unpaired) electrons. The molecule has 1 aliphatic rings. The molecule has 0 bridgehead atoms. The normalized spacial score (nSPS) is 15.1. The molecule has 0 unspecified atom stereocenters. The van der Waals surface area contributed by atoms with Crippen molar-refractivity contribution in [2.24, 2.45) is 7.05 Å². The third kappa shape index (κ3) is 3.50. The van der Waals surface area contributed by atoms with Crippen LogP contribution < -0.4 is 15.2 Å². The largest absolute Gasteiger partial charge is 0.378 e.